The van der Waals surface area contributed by atoms with Crippen LogP contribution in [0.4, 0.5) is 10.1 Å². The molecule has 0 aliphatic rings. The Hall–Kier alpha value is -2.24. The topological polar surface area (TPSA) is 69.2 Å². The van der Waals surface area contributed by atoms with Crippen LogP contribution in [-0.4, -0.2) is 9.91 Å². The standard InChI is InChI=1S/C10H7FN2O3/c1-6-12-5-10(16-6)7-2-3-9(13(14)15)8(11)4-7/h2-5H,1H3. The Morgan fingerprint density at radius 2 is 2.25 bits per heavy atom. The molecule has 0 unspecified atom stereocenters. The summed E-state index contributed by atoms with van der Waals surface area (Å²) in [5.41, 5.74) is -0.135. The number of nitro benzene ring substituents is 1. The molecule has 0 fully saturated rings. The highest BCUT2D eigenvalue weighted by Crippen LogP contribution is 2.25. The number of nitro groups is 1. The monoisotopic (exact) mass is 222 g/mol. The first kappa shape index (κ1) is 10.3. The lowest BCUT2D eigenvalue weighted by Crippen LogP contribution is -1.92. The maximum Gasteiger partial charge on any atom is 0.304 e. The first-order valence-corrected chi connectivity index (χ1v) is 4.44. The Morgan fingerprint density at radius 1 is 1.50 bits per heavy atom. The summed E-state index contributed by atoms with van der Waals surface area (Å²) < 4.78 is 18.5. The van der Waals surface area contributed by atoms with Gasteiger partial charge in [0.25, 0.3) is 0 Å². The first-order valence-electron chi connectivity index (χ1n) is 4.44. The Morgan fingerprint density at radius 3 is 2.75 bits per heavy atom. The van der Waals surface area contributed by atoms with Crippen molar-refractivity contribution in [2.75, 3.05) is 0 Å². The third-order valence-electron chi connectivity index (χ3n) is 2.05. The molecular weight excluding hydrogens is 215 g/mol. The highest BCUT2D eigenvalue weighted by atomic mass is 19.1. The largest absolute Gasteiger partial charge is 0.441 e. The molecule has 6 heteroatoms. The molecule has 0 aliphatic carbocycles. The van der Waals surface area contributed by atoms with Gasteiger partial charge in [-0.05, 0) is 12.1 Å². The van der Waals surface area contributed by atoms with Crippen molar-refractivity contribution in [1.29, 1.82) is 0 Å². The second-order valence-corrected chi connectivity index (χ2v) is 3.17. The minimum atomic E-state index is -0.892. The van der Waals surface area contributed by atoms with E-state index in [-0.39, 0.29) is 0 Å². The minimum absolute atomic E-state index is 0.381. The summed E-state index contributed by atoms with van der Waals surface area (Å²) in [5, 5.41) is 10.4. The van der Waals surface area contributed by atoms with Crippen LogP contribution in [0, 0.1) is 22.9 Å². The zero-order chi connectivity index (χ0) is 11.7. The molecular formula is C10H7FN2O3. The summed E-state index contributed by atoms with van der Waals surface area (Å²) in [7, 11) is 0. The number of oxazole rings is 1. The van der Waals surface area contributed by atoms with Gasteiger partial charge in [0.2, 0.25) is 5.82 Å². The van der Waals surface area contributed by atoms with Crippen LogP contribution >= 0.6 is 0 Å². The van der Waals surface area contributed by atoms with Gasteiger partial charge in [-0.2, -0.15) is 4.39 Å². The van der Waals surface area contributed by atoms with Gasteiger partial charge in [-0.15, -0.1) is 0 Å². The number of hydrogen-bond acceptors (Lipinski definition) is 4. The number of halogens is 1. The van der Waals surface area contributed by atoms with Crippen LogP contribution in [0.1, 0.15) is 5.89 Å². The van der Waals surface area contributed by atoms with E-state index >= 15 is 0 Å². The van der Waals surface area contributed by atoms with Gasteiger partial charge in [0.15, 0.2) is 11.7 Å². The average molecular weight is 222 g/mol. The Kier molecular flexibility index (Phi) is 2.40. The fraction of sp³-hybridized carbons (Fsp3) is 0.100. The van der Waals surface area contributed by atoms with E-state index in [1.165, 1.54) is 12.3 Å². The first-order chi connectivity index (χ1) is 7.58. The summed E-state index contributed by atoms with van der Waals surface area (Å²) in [4.78, 5) is 13.5. The van der Waals surface area contributed by atoms with Crippen LogP contribution in [0.5, 0.6) is 0 Å². The number of aryl methyl sites for hydroxylation is 1. The number of rotatable bonds is 2. The molecule has 5 nitrogen and oxygen atoms in total. The van der Waals surface area contributed by atoms with E-state index in [9.17, 15) is 14.5 Å². The van der Waals surface area contributed by atoms with Crippen molar-refractivity contribution < 1.29 is 13.7 Å². The zero-order valence-corrected chi connectivity index (χ0v) is 8.31. The van der Waals surface area contributed by atoms with Crippen molar-refractivity contribution in [2.24, 2.45) is 0 Å². The van der Waals surface area contributed by atoms with Gasteiger partial charge in [-0.3, -0.25) is 10.1 Å². The molecule has 0 spiro atoms. The van der Waals surface area contributed by atoms with Crippen LogP contribution in [0.25, 0.3) is 11.3 Å². The maximum absolute atomic E-state index is 13.3. The number of hydrogen-bond donors (Lipinski definition) is 0. The fourth-order valence-corrected chi connectivity index (χ4v) is 1.30. The molecule has 0 N–H and O–H groups in total. The summed E-state index contributed by atoms with van der Waals surface area (Å²) in [6, 6.07) is 3.57. The maximum atomic E-state index is 13.3. The van der Waals surface area contributed by atoms with Crippen LogP contribution in [0.15, 0.2) is 28.8 Å². The summed E-state index contributed by atoms with van der Waals surface area (Å²) in [6.07, 6.45) is 1.44. The molecule has 0 atom stereocenters. The molecule has 0 amide bonds. The van der Waals surface area contributed by atoms with E-state index in [2.05, 4.69) is 4.98 Å². The molecule has 1 aromatic heterocycles. The second kappa shape index (κ2) is 3.73. The average Bonchev–Trinajstić information content (AvgIpc) is 2.64. The van der Waals surface area contributed by atoms with Gasteiger partial charge in [-0.1, -0.05) is 0 Å². The van der Waals surface area contributed by atoms with E-state index in [1.54, 1.807) is 6.92 Å². The van der Waals surface area contributed by atoms with Gasteiger partial charge in [0, 0.05) is 18.6 Å². The van der Waals surface area contributed by atoms with E-state index in [0.29, 0.717) is 17.2 Å². The van der Waals surface area contributed by atoms with Gasteiger partial charge < -0.3 is 4.42 Å². The third-order valence-corrected chi connectivity index (χ3v) is 2.05. The highest BCUT2D eigenvalue weighted by Gasteiger charge is 2.15. The van der Waals surface area contributed by atoms with E-state index in [1.807, 2.05) is 0 Å². The second-order valence-electron chi connectivity index (χ2n) is 3.17. The van der Waals surface area contributed by atoms with Crippen molar-refractivity contribution in [2.45, 2.75) is 6.92 Å². The quantitative estimate of drug-likeness (QED) is 0.578. The number of benzene rings is 1. The van der Waals surface area contributed by atoms with Crippen molar-refractivity contribution in [3.63, 3.8) is 0 Å². The lowest BCUT2D eigenvalue weighted by atomic mass is 10.1. The lowest BCUT2D eigenvalue weighted by molar-refractivity contribution is -0.387. The van der Waals surface area contributed by atoms with Crippen LogP contribution < -0.4 is 0 Å². The SMILES string of the molecule is Cc1ncc(-c2ccc([N+](=O)[O-])c(F)c2)o1. The molecule has 1 aromatic carbocycles. The van der Waals surface area contributed by atoms with Gasteiger partial charge >= 0.3 is 5.69 Å². The molecule has 82 valence electrons. The molecule has 16 heavy (non-hydrogen) atoms. The Bertz CT molecular complexity index is 551. The smallest absolute Gasteiger partial charge is 0.304 e. The number of nitrogens with zero attached hydrogens (tertiary/aromatic N) is 2. The Labute approximate surface area is 89.7 Å². The molecule has 2 rings (SSSR count). The van der Waals surface area contributed by atoms with Crippen LogP contribution in [-0.2, 0) is 0 Å². The molecule has 0 saturated carbocycles. The highest BCUT2D eigenvalue weighted by molar-refractivity contribution is 5.58. The molecule has 0 aliphatic heterocycles. The molecule has 0 bridgehead atoms. The fourth-order valence-electron chi connectivity index (χ4n) is 1.30. The van der Waals surface area contributed by atoms with Gasteiger partial charge in [-0.25, -0.2) is 4.98 Å². The predicted octanol–water partition coefficient (Wildman–Crippen LogP) is 2.70. The normalized spacial score (nSPS) is 10.4. The summed E-state index contributed by atoms with van der Waals surface area (Å²) in [5.74, 6) is -0.0587. The Balaban J connectivity index is 2.45. The van der Waals surface area contributed by atoms with Crippen molar-refractivity contribution in [3.05, 3.63) is 46.2 Å². The van der Waals surface area contributed by atoms with Crippen LogP contribution in [0.2, 0.25) is 0 Å². The lowest BCUT2D eigenvalue weighted by Gasteiger charge is -1.97. The summed E-state index contributed by atoms with van der Waals surface area (Å²) in [6.45, 7) is 1.66. The molecule has 2 aromatic rings. The summed E-state index contributed by atoms with van der Waals surface area (Å²) >= 11 is 0. The number of aromatic nitrogens is 1. The third kappa shape index (κ3) is 1.77. The minimum Gasteiger partial charge on any atom is -0.441 e. The molecule has 0 saturated heterocycles. The predicted molar refractivity (Wildman–Crippen MR) is 53.3 cm³/mol. The molecule has 1 heterocycles. The van der Waals surface area contributed by atoms with E-state index in [4.69, 9.17) is 4.42 Å². The van der Waals surface area contributed by atoms with Crippen molar-refractivity contribution in [1.82, 2.24) is 4.98 Å². The van der Waals surface area contributed by atoms with Crippen molar-refractivity contribution in [3.8, 4) is 11.3 Å². The van der Waals surface area contributed by atoms with Gasteiger partial charge in [0.05, 0.1) is 11.1 Å². The zero-order valence-electron chi connectivity index (χ0n) is 8.31. The van der Waals surface area contributed by atoms with E-state index < -0.39 is 16.4 Å². The molecule has 0 radical (unpaired) electrons. The van der Waals surface area contributed by atoms with Gasteiger partial charge in [0.1, 0.15) is 0 Å². The van der Waals surface area contributed by atoms with Crippen LogP contribution in [0.3, 0.4) is 0 Å². The van der Waals surface area contributed by atoms with Crippen molar-refractivity contribution >= 4 is 5.69 Å². The van der Waals surface area contributed by atoms with E-state index in [0.717, 1.165) is 12.1 Å².